The van der Waals surface area contributed by atoms with Crippen molar-refractivity contribution in [1.29, 1.82) is 0 Å². The van der Waals surface area contributed by atoms with Crippen molar-refractivity contribution in [2.24, 2.45) is 0 Å². The lowest BCUT2D eigenvalue weighted by Crippen LogP contribution is -2.53. The van der Waals surface area contributed by atoms with Crippen LogP contribution in [-0.4, -0.2) is 66.5 Å². The smallest absolute Gasteiger partial charge is 0.331 e. The van der Waals surface area contributed by atoms with Gasteiger partial charge in [-0.25, -0.2) is 13.6 Å². The molecule has 0 aromatic heterocycles. The van der Waals surface area contributed by atoms with Crippen molar-refractivity contribution in [1.82, 2.24) is 9.80 Å². The summed E-state index contributed by atoms with van der Waals surface area (Å²) >= 11 is 0. The number of halogens is 2. The fourth-order valence-electron chi connectivity index (χ4n) is 3.66. The van der Waals surface area contributed by atoms with Gasteiger partial charge in [0.1, 0.15) is 0 Å². The summed E-state index contributed by atoms with van der Waals surface area (Å²) in [5.41, 5.74) is 0.0219. The molecule has 0 radical (unpaired) electrons. The molecule has 0 saturated carbocycles. The van der Waals surface area contributed by atoms with Gasteiger partial charge in [0, 0.05) is 38.1 Å². The maximum atomic E-state index is 14.1. The minimum atomic E-state index is -1.07. The van der Waals surface area contributed by atoms with E-state index >= 15 is 0 Å². The van der Waals surface area contributed by atoms with Gasteiger partial charge < -0.3 is 19.3 Å². The third kappa shape index (κ3) is 5.58. The molecule has 1 saturated heterocycles. The summed E-state index contributed by atoms with van der Waals surface area (Å²) < 4.78 is 37.6. The monoisotopic (exact) mass is 436 g/mol. The van der Waals surface area contributed by atoms with Crippen LogP contribution in [0, 0.1) is 24.0 Å². The number of carbonyl (C=O) groups excluding carboxylic acids is 3. The summed E-state index contributed by atoms with van der Waals surface area (Å²) in [6.07, 6.45) is 5.13. The molecule has 7 nitrogen and oxygen atoms in total. The number of terminal acetylenes is 1. The van der Waals surface area contributed by atoms with E-state index in [-0.39, 0.29) is 37.4 Å². The van der Waals surface area contributed by atoms with Crippen molar-refractivity contribution >= 4 is 17.8 Å². The summed E-state index contributed by atoms with van der Waals surface area (Å²) in [5.74, 6) is -1.10. The molecule has 0 unspecified atom stereocenters. The van der Waals surface area contributed by atoms with Crippen molar-refractivity contribution in [2.45, 2.75) is 50.9 Å². The molecule has 1 aromatic carbocycles. The Balaban J connectivity index is 2.23. The Morgan fingerprint density at radius 2 is 2.06 bits per heavy atom. The van der Waals surface area contributed by atoms with E-state index < -0.39 is 41.7 Å². The first-order valence-corrected chi connectivity index (χ1v) is 9.81. The summed E-state index contributed by atoms with van der Waals surface area (Å²) in [7, 11) is 2.59. The van der Waals surface area contributed by atoms with Gasteiger partial charge in [0.05, 0.1) is 19.8 Å². The number of hydrogen-bond donors (Lipinski definition) is 0. The predicted octanol–water partition coefficient (Wildman–Crippen LogP) is 1.88. The second-order valence-corrected chi connectivity index (χ2v) is 7.27. The number of amides is 2. The van der Waals surface area contributed by atoms with Crippen LogP contribution in [0.25, 0.3) is 0 Å². The van der Waals surface area contributed by atoms with Crippen LogP contribution in [0.4, 0.5) is 8.78 Å². The molecule has 1 aromatic rings. The molecular weight excluding hydrogens is 410 g/mol. The van der Waals surface area contributed by atoms with Gasteiger partial charge in [-0.1, -0.05) is 18.1 Å². The van der Waals surface area contributed by atoms with Gasteiger partial charge in [-0.2, -0.15) is 0 Å². The fourth-order valence-corrected chi connectivity index (χ4v) is 3.66. The van der Waals surface area contributed by atoms with E-state index in [0.717, 1.165) is 6.07 Å². The number of hydrogen-bond acceptors (Lipinski definition) is 5. The molecule has 0 N–H and O–H groups in total. The van der Waals surface area contributed by atoms with Crippen molar-refractivity contribution in [3.05, 3.63) is 35.4 Å². The molecule has 0 bridgehead atoms. The zero-order valence-corrected chi connectivity index (χ0v) is 17.8. The zero-order chi connectivity index (χ0) is 23.1. The minimum absolute atomic E-state index is 0.0219. The molecule has 31 heavy (non-hydrogen) atoms. The first kappa shape index (κ1) is 24.3. The first-order chi connectivity index (χ1) is 14.7. The third-order valence-electron chi connectivity index (χ3n) is 5.41. The molecule has 9 heteroatoms. The van der Waals surface area contributed by atoms with Crippen LogP contribution >= 0.6 is 0 Å². The Morgan fingerprint density at radius 1 is 1.35 bits per heavy atom. The van der Waals surface area contributed by atoms with Gasteiger partial charge in [0.15, 0.2) is 17.7 Å². The van der Waals surface area contributed by atoms with E-state index in [9.17, 15) is 23.2 Å². The highest BCUT2D eigenvalue weighted by Gasteiger charge is 2.39. The maximum absolute atomic E-state index is 14.1. The summed E-state index contributed by atoms with van der Waals surface area (Å²) in [5, 5.41) is 0. The number of rotatable bonds is 9. The number of methoxy groups -OCH3 is 2. The number of carbonyl (C=O) groups is 3. The molecule has 1 aliphatic heterocycles. The molecule has 2 rings (SSSR count). The standard InChI is InChI=1S/C22H26F2N2O5/c1-5-11-25(21(14(2)30-3)22(29)31-4)19(28)12-16-9-10-18(27)26(16)13-15-7-6-8-17(23)20(15)24/h1,6-8,14,16,21H,9-13H2,2-4H3/t14-,16+,21+/m1/s1. The van der Waals surface area contributed by atoms with Gasteiger partial charge >= 0.3 is 5.97 Å². The van der Waals surface area contributed by atoms with E-state index in [1.54, 1.807) is 6.92 Å². The van der Waals surface area contributed by atoms with Crippen LogP contribution < -0.4 is 0 Å². The highest BCUT2D eigenvalue weighted by molar-refractivity contribution is 5.86. The fraction of sp³-hybridized carbons (Fsp3) is 0.500. The van der Waals surface area contributed by atoms with Crippen molar-refractivity contribution < 1.29 is 32.6 Å². The van der Waals surface area contributed by atoms with Crippen LogP contribution in [0.15, 0.2) is 18.2 Å². The van der Waals surface area contributed by atoms with Crippen LogP contribution in [-0.2, 0) is 30.4 Å². The van der Waals surface area contributed by atoms with E-state index in [2.05, 4.69) is 5.92 Å². The first-order valence-electron chi connectivity index (χ1n) is 9.81. The van der Waals surface area contributed by atoms with Crippen molar-refractivity contribution in [2.75, 3.05) is 20.8 Å². The molecule has 1 aliphatic rings. The Morgan fingerprint density at radius 3 is 2.68 bits per heavy atom. The summed E-state index contributed by atoms with van der Waals surface area (Å²) in [4.78, 5) is 40.3. The minimum Gasteiger partial charge on any atom is -0.467 e. The summed E-state index contributed by atoms with van der Waals surface area (Å²) in [6, 6.07) is 2.13. The van der Waals surface area contributed by atoms with E-state index in [1.807, 2.05) is 0 Å². The molecule has 1 fully saturated rings. The zero-order valence-electron chi connectivity index (χ0n) is 17.8. The van der Waals surface area contributed by atoms with Crippen molar-refractivity contribution in [3.8, 4) is 12.3 Å². The average Bonchev–Trinajstić information content (AvgIpc) is 3.09. The number of esters is 1. The van der Waals surface area contributed by atoms with E-state index in [1.165, 1.54) is 36.2 Å². The van der Waals surface area contributed by atoms with Gasteiger partial charge in [-0.3, -0.25) is 9.59 Å². The molecule has 2 amide bonds. The number of likely N-dealkylation sites (tertiary alicyclic amines) is 1. The molecular formula is C22H26F2N2O5. The predicted molar refractivity (Wildman–Crippen MR) is 107 cm³/mol. The van der Waals surface area contributed by atoms with Crippen LogP contribution in [0.3, 0.4) is 0 Å². The van der Waals surface area contributed by atoms with Crippen molar-refractivity contribution in [3.63, 3.8) is 0 Å². The second-order valence-electron chi connectivity index (χ2n) is 7.27. The van der Waals surface area contributed by atoms with Crippen LogP contribution in [0.2, 0.25) is 0 Å². The SMILES string of the molecule is C#CCN(C(=O)C[C@@H]1CCC(=O)N1Cc1cccc(F)c1F)[C@H](C(=O)OC)[C@@H](C)OC. The van der Waals surface area contributed by atoms with Gasteiger partial charge in [-0.05, 0) is 19.4 Å². The van der Waals surface area contributed by atoms with Crippen LogP contribution in [0.5, 0.6) is 0 Å². The Kier molecular flexibility index (Phi) is 8.51. The molecule has 0 aliphatic carbocycles. The van der Waals surface area contributed by atoms with Gasteiger partial charge in [0.25, 0.3) is 0 Å². The highest BCUT2D eigenvalue weighted by atomic mass is 19.2. The molecule has 168 valence electrons. The average molecular weight is 436 g/mol. The normalized spacial score (nSPS) is 17.7. The topological polar surface area (TPSA) is 76.2 Å². The largest absolute Gasteiger partial charge is 0.467 e. The number of ether oxygens (including phenoxy) is 2. The molecule has 3 atom stereocenters. The lowest BCUT2D eigenvalue weighted by Gasteiger charge is -2.33. The Bertz CT molecular complexity index is 870. The quantitative estimate of drug-likeness (QED) is 0.437. The molecule has 1 heterocycles. The second kappa shape index (κ2) is 10.9. The lowest BCUT2D eigenvalue weighted by atomic mass is 10.1. The molecule has 0 spiro atoms. The number of nitrogens with zero attached hydrogens (tertiary/aromatic N) is 2. The highest BCUT2D eigenvalue weighted by Crippen LogP contribution is 2.26. The lowest BCUT2D eigenvalue weighted by molar-refractivity contribution is -0.158. The van der Waals surface area contributed by atoms with E-state index in [4.69, 9.17) is 15.9 Å². The maximum Gasteiger partial charge on any atom is 0.331 e. The Hall–Kier alpha value is -2.99. The third-order valence-corrected chi connectivity index (χ3v) is 5.41. The summed E-state index contributed by atoms with van der Waals surface area (Å²) in [6.45, 7) is 1.28. The van der Waals surface area contributed by atoms with E-state index in [0.29, 0.717) is 6.42 Å². The van der Waals surface area contributed by atoms with Gasteiger partial charge in [0.2, 0.25) is 11.8 Å². The van der Waals surface area contributed by atoms with Gasteiger partial charge in [-0.15, -0.1) is 6.42 Å². The Labute approximate surface area is 180 Å². The number of benzene rings is 1. The van der Waals surface area contributed by atoms with Crippen LogP contribution in [0.1, 0.15) is 31.7 Å².